The summed E-state index contributed by atoms with van der Waals surface area (Å²) >= 11 is 0. The number of rotatable bonds is 5. The topological polar surface area (TPSA) is 34.4 Å². The van der Waals surface area contributed by atoms with Crippen molar-refractivity contribution in [1.82, 2.24) is 5.32 Å². The predicted molar refractivity (Wildman–Crippen MR) is 78.4 cm³/mol. The molecule has 0 bridgehead atoms. The second-order valence-electron chi connectivity index (χ2n) is 5.41. The van der Waals surface area contributed by atoms with Crippen LogP contribution in [0.25, 0.3) is 11.0 Å². The Morgan fingerprint density at radius 3 is 2.53 bits per heavy atom. The molecule has 104 valence electrons. The monoisotopic (exact) mass is 261 g/mol. The zero-order valence-electron chi connectivity index (χ0n) is 12.5. The third-order valence-electron chi connectivity index (χ3n) is 3.45. The van der Waals surface area contributed by atoms with Crippen LogP contribution in [0.5, 0.6) is 0 Å². The van der Waals surface area contributed by atoms with Gasteiger partial charge in [-0.15, -0.1) is 0 Å². The van der Waals surface area contributed by atoms with Gasteiger partial charge in [0, 0.05) is 24.1 Å². The molecule has 0 radical (unpaired) electrons. The molecule has 0 unspecified atom stereocenters. The van der Waals surface area contributed by atoms with Crippen molar-refractivity contribution in [2.75, 3.05) is 7.11 Å². The summed E-state index contributed by atoms with van der Waals surface area (Å²) in [6, 6.07) is 4.75. The van der Waals surface area contributed by atoms with Crippen molar-refractivity contribution in [3.63, 3.8) is 0 Å². The summed E-state index contributed by atoms with van der Waals surface area (Å²) in [6.07, 6.45) is 0. The number of methoxy groups -OCH3 is 1. The van der Waals surface area contributed by atoms with E-state index in [9.17, 15) is 0 Å². The highest BCUT2D eigenvalue weighted by Gasteiger charge is 2.15. The number of hydrogen-bond acceptors (Lipinski definition) is 3. The number of furan rings is 1. The molecule has 0 aliphatic rings. The Morgan fingerprint density at radius 2 is 1.89 bits per heavy atom. The molecule has 19 heavy (non-hydrogen) atoms. The molecule has 1 N–H and O–H groups in total. The van der Waals surface area contributed by atoms with Crippen molar-refractivity contribution in [3.8, 4) is 0 Å². The van der Waals surface area contributed by atoms with Gasteiger partial charge in [-0.05, 0) is 37.1 Å². The smallest absolute Gasteiger partial charge is 0.135 e. The van der Waals surface area contributed by atoms with Crippen LogP contribution < -0.4 is 5.32 Å². The first kappa shape index (κ1) is 14.1. The molecule has 0 fully saturated rings. The maximum atomic E-state index is 6.00. The molecule has 1 aromatic carbocycles. The van der Waals surface area contributed by atoms with E-state index < -0.39 is 0 Å². The van der Waals surface area contributed by atoms with Gasteiger partial charge in [0.05, 0.1) is 13.2 Å². The standard InChI is InChI=1S/C16H23NO2/c1-10(2)17-8-16-14(9-18-5)13-6-11(3)12(4)7-15(13)19-16/h6-7,10,17H,8-9H2,1-5H3. The normalized spacial score (nSPS) is 11.7. The van der Waals surface area contributed by atoms with Gasteiger partial charge in [0.15, 0.2) is 0 Å². The molecule has 0 saturated carbocycles. The summed E-state index contributed by atoms with van der Waals surface area (Å²) in [7, 11) is 1.72. The Balaban J connectivity index is 2.47. The van der Waals surface area contributed by atoms with Crippen LogP contribution in [0.15, 0.2) is 16.5 Å². The molecule has 2 rings (SSSR count). The van der Waals surface area contributed by atoms with E-state index in [1.165, 1.54) is 16.5 Å². The van der Waals surface area contributed by atoms with Crippen LogP contribution in [0, 0.1) is 13.8 Å². The van der Waals surface area contributed by atoms with Gasteiger partial charge in [0.25, 0.3) is 0 Å². The molecule has 3 nitrogen and oxygen atoms in total. The highest BCUT2D eigenvalue weighted by Crippen LogP contribution is 2.29. The molecule has 1 heterocycles. The van der Waals surface area contributed by atoms with E-state index in [4.69, 9.17) is 9.15 Å². The summed E-state index contributed by atoms with van der Waals surface area (Å²) < 4.78 is 11.3. The van der Waals surface area contributed by atoms with E-state index in [1.54, 1.807) is 7.11 Å². The highest BCUT2D eigenvalue weighted by atomic mass is 16.5. The fourth-order valence-electron chi connectivity index (χ4n) is 2.20. The summed E-state index contributed by atoms with van der Waals surface area (Å²) in [5, 5.41) is 4.57. The first-order valence-electron chi connectivity index (χ1n) is 6.76. The molecular weight excluding hydrogens is 238 g/mol. The Bertz CT molecular complexity index is 570. The molecule has 3 heteroatoms. The van der Waals surface area contributed by atoms with E-state index in [1.807, 2.05) is 0 Å². The fourth-order valence-corrected chi connectivity index (χ4v) is 2.20. The molecule has 0 aliphatic carbocycles. The first-order chi connectivity index (χ1) is 9.02. The highest BCUT2D eigenvalue weighted by molar-refractivity contribution is 5.83. The SMILES string of the molecule is COCc1c(CNC(C)C)oc2cc(C)c(C)cc12. The van der Waals surface area contributed by atoms with Crippen molar-refractivity contribution < 1.29 is 9.15 Å². The third-order valence-corrected chi connectivity index (χ3v) is 3.45. The van der Waals surface area contributed by atoms with Crippen LogP contribution in [0.2, 0.25) is 0 Å². The number of benzene rings is 1. The molecule has 0 aliphatic heterocycles. The lowest BCUT2D eigenvalue weighted by molar-refractivity contribution is 0.183. The van der Waals surface area contributed by atoms with Gasteiger partial charge in [-0.2, -0.15) is 0 Å². The summed E-state index contributed by atoms with van der Waals surface area (Å²) in [6.45, 7) is 9.83. The Morgan fingerprint density at radius 1 is 1.21 bits per heavy atom. The number of ether oxygens (including phenoxy) is 1. The lowest BCUT2D eigenvalue weighted by Crippen LogP contribution is -2.22. The molecule has 1 aromatic heterocycles. The Kier molecular flexibility index (Phi) is 4.27. The Labute approximate surface area is 114 Å². The second-order valence-corrected chi connectivity index (χ2v) is 5.41. The number of hydrogen-bond donors (Lipinski definition) is 1. The summed E-state index contributed by atoms with van der Waals surface area (Å²) in [4.78, 5) is 0. The van der Waals surface area contributed by atoms with Crippen LogP contribution in [0.3, 0.4) is 0 Å². The van der Waals surface area contributed by atoms with Crippen LogP contribution >= 0.6 is 0 Å². The van der Waals surface area contributed by atoms with Gasteiger partial charge >= 0.3 is 0 Å². The quantitative estimate of drug-likeness (QED) is 0.891. The first-order valence-corrected chi connectivity index (χ1v) is 6.76. The fraction of sp³-hybridized carbons (Fsp3) is 0.500. The van der Waals surface area contributed by atoms with Crippen LogP contribution in [-0.4, -0.2) is 13.2 Å². The van der Waals surface area contributed by atoms with Gasteiger partial charge in [0.1, 0.15) is 11.3 Å². The molecule has 0 amide bonds. The predicted octanol–water partition coefficient (Wildman–Crippen LogP) is 3.69. The van der Waals surface area contributed by atoms with Gasteiger partial charge in [-0.25, -0.2) is 0 Å². The zero-order valence-corrected chi connectivity index (χ0v) is 12.5. The van der Waals surface area contributed by atoms with Crippen molar-refractivity contribution in [2.24, 2.45) is 0 Å². The van der Waals surface area contributed by atoms with E-state index in [0.29, 0.717) is 12.6 Å². The minimum absolute atomic E-state index is 0.437. The van der Waals surface area contributed by atoms with Crippen LogP contribution in [0.1, 0.15) is 36.3 Å². The van der Waals surface area contributed by atoms with Crippen LogP contribution in [-0.2, 0) is 17.9 Å². The summed E-state index contributed by atoms with van der Waals surface area (Å²) in [5.41, 5.74) is 4.66. The molecular formula is C16H23NO2. The zero-order chi connectivity index (χ0) is 14.0. The molecule has 0 spiro atoms. The molecule has 0 saturated heterocycles. The maximum Gasteiger partial charge on any atom is 0.135 e. The maximum absolute atomic E-state index is 6.00. The average Bonchev–Trinajstić information content (AvgIpc) is 2.66. The van der Waals surface area contributed by atoms with Crippen LogP contribution in [0.4, 0.5) is 0 Å². The van der Waals surface area contributed by atoms with Gasteiger partial charge in [-0.3, -0.25) is 0 Å². The summed E-state index contributed by atoms with van der Waals surface area (Å²) in [5.74, 6) is 0.982. The van der Waals surface area contributed by atoms with Crippen molar-refractivity contribution in [1.29, 1.82) is 0 Å². The lowest BCUT2D eigenvalue weighted by Gasteiger charge is -2.07. The van der Waals surface area contributed by atoms with E-state index in [-0.39, 0.29) is 0 Å². The molecule has 0 atom stereocenters. The van der Waals surface area contributed by atoms with Crippen molar-refractivity contribution in [3.05, 3.63) is 34.6 Å². The lowest BCUT2D eigenvalue weighted by atomic mass is 10.0. The Hall–Kier alpha value is -1.32. The van der Waals surface area contributed by atoms with Crippen molar-refractivity contribution >= 4 is 11.0 Å². The number of fused-ring (bicyclic) bond motifs is 1. The average molecular weight is 261 g/mol. The minimum atomic E-state index is 0.437. The van der Waals surface area contributed by atoms with Crippen molar-refractivity contribution in [2.45, 2.75) is 46.9 Å². The van der Waals surface area contributed by atoms with E-state index >= 15 is 0 Å². The van der Waals surface area contributed by atoms with Gasteiger partial charge < -0.3 is 14.5 Å². The van der Waals surface area contributed by atoms with Gasteiger partial charge in [0.2, 0.25) is 0 Å². The van der Waals surface area contributed by atoms with E-state index in [0.717, 1.165) is 23.5 Å². The second kappa shape index (κ2) is 5.76. The number of aryl methyl sites for hydroxylation is 2. The largest absolute Gasteiger partial charge is 0.459 e. The van der Waals surface area contributed by atoms with Gasteiger partial charge in [-0.1, -0.05) is 13.8 Å². The minimum Gasteiger partial charge on any atom is -0.459 e. The third kappa shape index (κ3) is 2.99. The van der Waals surface area contributed by atoms with E-state index in [2.05, 4.69) is 45.1 Å². The molecule has 2 aromatic rings. The number of nitrogens with one attached hydrogen (secondary N) is 1.